The Hall–Kier alpha value is -2.45. The zero-order valence-electron chi connectivity index (χ0n) is 15.2. The van der Waals surface area contributed by atoms with Gasteiger partial charge in [0, 0.05) is 17.3 Å². The molecule has 2 heterocycles. The smallest absolute Gasteiger partial charge is 0.326 e. The van der Waals surface area contributed by atoms with E-state index in [2.05, 4.69) is 10.1 Å². The number of carbonyl (C=O) groups is 2. The summed E-state index contributed by atoms with van der Waals surface area (Å²) >= 11 is 7.36. The van der Waals surface area contributed by atoms with Gasteiger partial charge in [0.25, 0.3) is 5.91 Å². The quantitative estimate of drug-likeness (QED) is 0.609. The van der Waals surface area contributed by atoms with E-state index in [0.29, 0.717) is 16.4 Å². The highest BCUT2D eigenvalue weighted by Crippen LogP contribution is 2.22. The molecule has 0 aliphatic rings. The third kappa shape index (κ3) is 4.12. The molecule has 0 saturated heterocycles. The lowest BCUT2D eigenvalue weighted by atomic mass is 10.3. The van der Waals surface area contributed by atoms with Crippen molar-refractivity contribution in [2.45, 2.75) is 33.9 Å². The highest BCUT2D eigenvalue weighted by Gasteiger charge is 2.15. The molecule has 27 heavy (non-hydrogen) atoms. The lowest BCUT2D eigenvalue weighted by Crippen LogP contribution is -2.23. The Bertz CT molecular complexity index is 1080. The summed E-state index contributed by atoms with van der Waals surface area (Å²) < 4.78 is 9.27. The van der Waals surface area contributed by atoms with Crippen LogP contribution in [0.2, 0.25) is 5.02 Å². The minimum atomic E-state index is -0.458. The molecular weight excluding hydrogens is 388 g/mol. The number of nitrogens with zero attached hydrogens (tertiary/aromatic N) is 4. The second kappa shape index (κ2) is 8.06. The molecule has 0 bridgehead atoms. The van der Waals surface area contributed by atoms with Gasteiger partial charge in [-0.1, -0.05) is 22.9 Å². The molecule has 0 fully saturated rings. The standard InChI is InChI=1S/C18H19ClN4O3S/c1-4-23-11(3)8-13(21-23)17(25)20-18-22(10-16(24)26-5-2)14-7-6-12(19)9-15(14)27-18/h6-9H,4-5,10H2,1-3H3. The Morgan fingerprint density at radius 2 is 2.07 bits per heavy atom. The van der Waals surface area contributed by atoms with Crippen LogP contribution in [0.1, 0.15) is 30.0 Å². The second-order valence-electron chi connectivity index (χ2n) is 5.79. The number of halogens is 1. The summed E-state index contributed by atoms with van der Waals surface area (Å²) in [6.07, 6.45) is 0. The first kappa shape index (κ1) is 19.3. The normalized spacial score (nSPS) is 11.9. The van der Waals surface area contributed by atoms with Crippen LogP contribution < -0.4 is 4.80 Å². The van der Waals surface area contributed by atoms with Crippen LogP contribution in [-0.4, -0.2) is 32.8 Å². The Balaban J connectivity index is 2.09. The van der Waals surface area contributed by atoms with Crippen LogP contribution in [0.5, 0.6) is 0 Å². The van der Waals surface area contributed by atoms with Gasteiger partial charge in [0.15, 0.2) is 10.5 Å². The topological polar surface area (TPSA) is 78.5 Å². The molecule has 9 heteroatoms. The van der Waals surface area contributed by atoms with Gasteiger partial charge >= 0.3 is 5.97 Å². The summed E-state index contributed by atoms with van der Waals surface area (Å²) in [7, 11) is 0. The molecule has 7 nitrogen and oxygen atoms in total. The molecule has 0 saturated carbocycles. The fourth-order valence-electron chi connectivity index (χ4n) is 2.70. The van der Waals surface area contributed by atoms with Gasteiger partial charge in [-0.15, -0.1) is 0 Å². The maximum Gasteiger partial charge on any atom is 0.326 e. The van der Waals surface area contributed by atoms with Crippen molar-refractivity contribution < 1.29 is 14.3 Å². The van der Waals surface area contributed by atoms with E-state index >= 15 is 0 Å². The molecule has 1 amide bonds. The fourth-order valence-corrected chi connectivity index (χ4v) is 4.00. The maximum absolute atomic E-state index is 12.6. The number of amides is 1. The van der Waals surface area contributed by atoms with Gasteiger partial charge in [-0.3, -0.25) is 14.3 Å². The van der Waals surface area contributed by atoms with Crippen molar-refractivity contribution >= 4 is 45.0 Å². The molecule has 0 atom stereocenters. The van der Waals surface area contributed by atoms with Crippen molar-refractivity contribution in [3.8, 4) is 0 Å². The Morgan fingerprint density at radius 1 is 1.30 bits per heavy atom. The minimum absolute atomic E-state index is 0.0377. The molecule has 0 aliphatic heterocycles. The molecule has 3 rings (SSSR count). The number of rotatable bonds is 5. The second-order valence-corrected chi connectivity index (χ2v) is 7.24. The van der Waals surface area contributed by atoms with Crippen molar-refractivity contribution in [2.24, 2.45) is 4.99 Å². The van der Waals surface area contributed by atoms with E-state index in [1.807, 2.05) is 13.8 Å². The van der Waals surface area contributed by atoms with Crippen LogP contribution in [0.4, 0.5) is 0 Å². The molecule has 0 radical (unpaired) electrons. The maximum atomic E-state index is 12.6. The number of thiazole rings is 1. The molecule has 0 unspecified atom stereocenters. The highest BCUT2D eigenvalue weighted by molar-refractivity contribution is 7.16. The van der Waals surface area contributed by atoms with Crippen molar-refractivity contribution in [1.82, 2.24) is 14.3 Å². The summed E-state index contributed by atoms with van der Waals surface area (Å²) in [6, 6.07) is 7.01. The summed E-state index contributed by atoms with van der Waals surface area (Å²) in [4.78, 5) is 29.2. The van der Waals surface area contributed by atoms with Crippen LogP contribution in [0.25, 0.3) is 10.2 Å². The number of esters is 1. The number of aromatic nitrogens is 3. The van der Waals surface area contributed by atoms with Crippen LogP contribution in [0.3, 0.4) is 0 Å². The van der Waals surface area contributed by atoms with Crippen LogP contribution >= 0.6 is 22.9 Å². The molecule has 1 aromatic carbocycles. The van der Waals surface area contributed by atoms with Crippen molar-refractivity contribution in [1.29, 1.82) is 0 Å². The van der Waals surface area contributed by atoms with Crippen LogP contribution in [0.15, 0.2) is 29.3 Å². The average molecular weight is 407 g/mol. The highest BCUT2D eigenvalue weighted by atomic mass is 35.5. The molecule has 142 valence electrons. The van der Waals surface area contributed by atoms with Gasteiger partial charge < -0.3 is 9.30 Å². The number of aryl methyl sites for hydroxylation is 2. The molecule has 0 spiro atoms. The SMILES string of the molecule is CCOC(=O)Cn1c(=NC(=O)c2cc(C)n(CC)n2)sc2cc(Cl)ccc21. The zero-order chi connectivity index (χ0) is 19.6. The van der Waals surface area contributed by atoms with Gasteiger partial charge in [0.05, 0.1) is 16.8 Å². The summed E-state index contributed by atoms with van der Waals surface area (Å²) in [5, 5.41) is 4.84. The average Bonchev–Trinajstić information content (AvgIpc) is 3.15. The predicted octanol–water partition coefficient (Wildman–Crippen LogP) is 3.19. The van der Waals surface area contributed by atoms with E-state index in [-0.39, 0.29) is 18.8 Å². The summed E-state index contributed by atoms with van der Waals surface area (Å²) in [5.41, 5.74) is 1.92. The van der Waals surface area contributed by atoms with Gasteiger partial charge in [-0.2, -0.15) is 10.1 Å². The van der Waals surface area contributed by atoms with E-state index in [0.717, 1.165) is 15.9 Å². The van der Waals surface area contributed by atoms with E-state index in [1.165, 1.54) is 11.3 Å². The monoisotopic (exact) mass is 406 g/mol. The minimum Gasteiger partial charge on any atom is -0.465 e. The van der Waals surface area contributed by atoms with Crippen molar-refractivity contribution in [3.05, 3.63) is 45.5 Å². The number of fused-ring (bicyclic) bond motifs is 1. The summed E-state index contributed by atoms with van der Waals surface area (Å²) in [5.74, 6) is -0.854. The number of hydrogen-bond donors (Lipinski definition) is 0. The number of benzene rings is 1. The first-order valence-corrected chi connectivity index (χ1v) is 9.70. The molecule has 0 N–H and O–H groups in total. The predicted molar refractivity (Wildman–Crippen MR) is 104 cm³/mol. The van der Waals surface area contributed by atoms with Gasteiger partial charge in [0.2, 0.25) is 0 Å². The summed E-state index contributed by atoms with van der Waals surface area (Å²) in [6.45, 7) is 6.50. The van der Waals surface area contributed by atoms with E-state index < -0.39 is 11.9 Å². The first-order valence-electron chi connectivity index (χ1n) is 8.51. The number of carbonyl (C=O) groups excluding carboxylic acids is 2. The van der Waals surface area contributed by atoms with E-state index in [4.69, 9.17) is 16.3 Å². The Kier molecular flexibility index (Phi) is 5.76. The Labute approximate surface area is 164 Å². The van der Waals surface area contributed by atoms with Gasteiger partial charge in [-0.05, 0) is 45.0 Å². The molecule has 0 aliphatic carbocycles. The third-order valence-electron chi connectivity index (χ3n) is 3.93. The van der Waals surface area contributed by atoms with Crippen LogP contribution in [0, 0.1) is 6.92 Å². The lowest BCUT2D eigenvalue weighted by Gasteiger charge is -2.05. The van der Waals surface area contributed by atoms with Crippen molar-refractivity contribution in [3.63, 3.8) is 0 Å². The molecule has 2 aromatic heterocycles. The largest absolute Gasteiger partial charge is 0.465 e. The number of hydrogen-bond acceptors (Lipinski definition) is 5. The Morgan fingerprint density at radius 3 is 2.74 bits per heavy atom. The third-order valence-corrected chi connectivity index (χ3v) is 5.21. The molecule has 3 aromatic rings. The molecular formula is C18H19ClN4O3S. The lowest BCUT2D eigenvalue weighted by molar-refractivity contribution is -0.143. The van der Waals surface area contributed by atoms with E-state index in [9.17, 15) is 9.59 Å². The zero-order valence-corrected chi connectivity index (χ0v) is 16.8. The first-order chi connectivity index (χ1) is 12.9. The van der Waals surface area contributed by atoms with Gasteiger partial charge in [-0.25, -0.2) is 0 Å². The van der Waals surface area contributed by atoms with Crippen molar-refractivity contribution in [2.75, 3.05) is 6.61 Å². The number of ether oxygens (including phenoxy) is 1. The van der Waals surface area contributed by atoms with Gasteiger partial charge in [0.1, 0.15) is 6.54 Å². The fraction of sp³-hybridized carbons (Fsp3) is 0.333. The van der Waals surface area contributed by atoms with E-state index in [1.54, 1.807) is 40.4 Å². The van der Waals surface area contributed by atoms with Crippen LogP contribution in [-0.2, 0) is 22.6 Å².